The molecule has 4 aliphatic carbocycles. The summed E-state index contributed by atoms with van der Waals surface area (Å²) in [7, 11) is 0. The Kier molecular flexibility index (Phi) is 4.78. The molecule has 2 saturated heterocycles. The Morgan fingerprint density at radius 3 is 2.39 bits per heavy atom. The molecule has 6 rings (SSSR count). The molecule has 1 spiro atoms. The summed E-state index contributed by atoms with van der Waals surface area (Å²) in [6, 6.07) is 0. The van der Waals surface area contributed by atoms with Crippen molar-refractivity contribution in [3.05, 3.63) is 0 Å². The van der Waals surface area contributed by atoms with Gasteiger partial charge in [-0.15, -0.1) is 0 Å². The predicted octanol–water partition coefficient (Wildman–Crippen LogP) is 4.76. The molecule has 0 amide bonds. The minimum absolute atomic E-state index is 0.191. The third kappa shape index (κ3) is 2.80. The first-order valence-corrected chi connectivity index (χ1v) is 13.4. The van der Waals surface area contributed by atoms with Crippen molar-refractivity contribution < 1.29 is 19.7 Å². The zero-order valence-electron chi connectivity index (χ0n) is 20.1. The number of ether oxygens (including phenoxy) is 2. The van der Waals surface area contributed by atoms with Gasteiger partial charge in [0.25, 0.3) is 0 Å². The summed E-state index contributed by atoms with van der Waals surface area (Å²) in [6.45, 7) is 10.6. The Balaban J connectivity index is 1.26. The standard InChI is InChI=1S/C27H44O4/c1-15-7-10-27(30-14-15)16(2)24-23(31-27)12-20-18-6-5-17-11-21(28)22(29)13-26(17,4)19(18)8-9-25(20,24)3/h15-24,28-29H,5-14H2,1-4H3/t15-,16+,17+,18+,19-,20-,21-,22-,23-,24-,25+,26+,27-/m1/s1. The lowest BCUT2D eigenvalue weighted by atomic mass is 9.44. The average molecular weight is 433 g/mol. The van der Waals surface area contributed by atoms with Crippen molar-refractivity contribution in [2.75, 3.05) is 6.61 Å². The van der Waals surface area contributed by atoms with E-state index < -0.39 is 12.2 Å². The van der Waals surface area contributed by atoms with Crippen LogP contribution in [0.5, 0.6) is 0 Å². The molecule has 0 aromatic rings. The van der Waals surface area contributed by atoms with Crippen LogP contribution in [0.25, 0.3) is 0 Å². The van der Waals surface area contributed by atoms with Gasteiger partial charge in [-0.05, 0) is 97.7 Å². The second-order valence-corrected chi connectivity index (χ2v) is 13.2. The molecule has 6 fully saturated rings. The van der Waals surface area contributed by atoms with Crippen molar-refractivity contribution in [3.8, 4) is 0 Å². The van der Waals surface area contributed by atoms with Gasteiger partial charge in [-0.1, -0.05) is 27.7 Å². The van der Waals surface area contributed by atoms with Crippen LogP contribution in [0.15, 0.2) is 0 Å². The minimum atomic E-state index is -0.537. The van der Waals surface area contributed by atoms with Crippen LogP contribution in [0.1, 0.15) is 85.5 Å². The third-order valence-electron chi connectivity index (χ3n) is 12.0. The van der Waals surface area contributed by atoms with Gasteiger partial charge in [0, 0.05) is 12.3 Å². The lowest BCUT2D eigenvalue weighted by Gasteiger charge is -2.61. The van der Waals surface area contributed by atoms with Crippen LogP contribution in [0.3, 0.4) is 0 Å². The highest BCUT2D eigenvalue weighted by Gasteiger charge is 2.69. The first-order chi connectivity index (χ1) is 14.7. The summed E-state index contributed by atoms with van der Waals surface area (Å²) in [5, 5.41) is 20.9. The summed E-state index contributed by atoms with van der Waals surface area (Å²) in [5.41, 5.74) is 0.550. The summed E-state index contributed by atoms with van der Waals surface area (Å²) in [6.07, 6.45) is 9.51. The molecule has 4 saturated carbocycles. The van der Waals surface area contributed by atoms with Crippen molar-refractivity contribution >= 4 is 0 Å². The number of rotatable bonds is 0. The maximum absolute atomic E-state index is 10.6. The second kappa shape index (κ2) is 6.93. The van der Waals surface area contributed by atoms with Gasteiger partial charge in [0.05, 0.1) is 24.9 Å². The van der Waals surface area contributed by atoms with Crippen LogP contribution in [-0.2, 0) is 9.47 Å². The molecule has 176 valence electrons. The molecule has 0 radical (unpaired) electrons. The molecular weight excluding hydrogens is 388 g/mol. The summed E-state index contributed by atoms with van der Waals surface area (Å²) >= 11 is 0. The van der Waals surface area contributed by atoms with E-state index in [4.69, 9.17) is 9.47 Å². The fourth-order valence-electron chi connectivity index (χ4n) is 10.3. The lowest BCUT2D eigenvalue weighted by Crippen LogP contribution is -2.57. The second-order valence-electron chi connectivity index (χ2n) is 13.2. The molecule has 13 atom stereocenters. The van der Waals surface area contributed by atoms with Crippen molar-refractivity contribution in [1.29, 1.82) is 0 Å². The molecular formula is C27H44O4. The SMILES string of the molecule is C[C@@H]1CC[C@@]2(OC1)O[C@@H]1C[C@@H]3[C@H]4CC[C@H]5C[C@@H](O)[C@H](O)C[C@]5(C)[C@@H]4CC[C@]3(C)[C@@H]1[C@@H]2C. The molecule has 6 aliphatic rings. The zero-order chi connectivity index (χ0) is 21.8. The van der Waals surface area contributed by atoms with E-state index in [-0.39, 0.29) is 11.2 Å². The summed E-state index contributed by atoms with van der Waals surface area (Å²) in [4.78, 5) is 0. The van der Waals surface area contributed by atoms with Crippen LogP contribution in [0, 0.1) is 52.3 Å². The van der Waals surface area contributed by atoms with Crippen molar-refractivity contribution in [2.24, 2.45) is 52.3 Å². The minimum Gasteiger partial charge on any atom is -0.390 e. The first-order valence-electron chi connectivity index (χ1n) is 13.4. The van der Waals surface area contributed by atoms with E-state index in [1.54, 1.807) is 0 Å². The topological polar surface area (TPSA) is 58.9 Å². The molecule has 2 N–H and O–H groups in total. The van der Waals surface area contributed by atoms with Gasteiger partial charge in [0.1, 0.15) is 0 Å². The van der Waals surface area contributed by atoms with Gasteiger partial charge in [0.15, 0.2) is 5.79 Å². The number of fused-ring (bicyclic) bond motifs is 7. The predicted molar refractivity (Wildman–Crippen MR) is 119 cm³/mol. The van der Waals surface area contributed by atoms with E-state index in [0.717, 1.165) is 37.7 Å². The van der Waals surface area contributed by atoms with Crippen LogP contribution >= 0.6 is 0 Å². The van der Waals surface area contributed by atoms with E-state index in [2.05, 4.69) is 27.7 Å². The zero-order valence-corrected chi connectivity index (χ0v) is 20.1. The molecule has 0 aromatic carbocycles. The summed E-state index contributed by atoms with van der Waals surface area (Å²) < 4.78 is 13.3. The van der Waals surface area contributed by atoms with Crippen LogP contribution in [-0.4, -0.2) is 40.9 Å². The number of hydrogen-bond donors (Lipinski definition) is 2. The van der Waals surface area contributed by atoms with Gasteiger partial charge in [0.2, 0.25) is 0 Å². The van der Waals surface area contributed by atoms with Crippen LogP contribution in [0.2, 0.25) is 0 Å². The molecule has 0 unspecified atom stereocenters. The van der Waals surface area contributed by atoms with Gasteiger partial charge in [-0.3, -0.25) is 0 Å². The quantitative estimate of drug-likeness (QED) is 0.579. The Morgan fingerprint density at radius 2 is 1.65 bits per heavy atom. The highest BCUT2D eigenvalue weighted by Crippen LogP contribution is 2.71. The third-order valence-corrected chi connectivity index (χ3v) is 12.0. The number of aliphatic hydroxyl groups is 2. The Bertz CT molecular complexity index is 716. The Labute approximate surface area is 188 Å². The van der Waals surface area contributed by atoms with E-state index in [1.165, 1.54) is 38.5 Å². The molecule has 4 heteroatoms. The van der Waals surface area contributed by atoms with Crippen LogP contribution in [0.4, 0.5) is 0 Å². The van der Waals surface area contributed by atoms with Gasteiger partial charge in [-0.2, -0.15) is 0 Å². The number of aliphatic hydroxyl groups excluding tert-OH is 2. The maximum atomic E-state index is 10.6. The Hall–Kier alpha value is -0.160. The normalized spacial score (nSPS) is 63.3. The van der Waals surface area contributed by atoms with Crippen molar-refractivity contribution in [2.45, 2.75) is 110 Å². The Morgan fingerprint density at radius 1 is 0.839 bits per heavy atom. The van der Waals surface area contributed by atoms with Gasteiger partial charge >= 0.3 is 0 Å². The van der Waals surface area contributed by atoms with Crippen molar-refractivity contribution in [3.63, 3.8) is 0 Å². The van der Waals surface area contributed by atoms with E-state index >= 15 is 0 Å². The van der Waals surface area contributed by atoms with E-state index in [9.17, 15) is 10.2 Å². The molecule has 31 heavy (non-hydrogen) atoms. The smallest absolute Gasteiger partial charge is 0.171 e. The van der Waals surface area contributed by atoms with Crippen LogP contribution < -0.4 is 0 Å². The fraction of sp³-hybridized carbons (Fsp3) is 1.00. The van der Waals surface area contributed by atoms with E-state index in [0.29, 0.717) is 41.1 Å². The monoisotopic (exact) mass is 432 g/mol. The molecule has 4 nitrogen and oxygen atoms in total. The average Bonchev–Trinajstić information content (AvgIpc) is 3.16. The largest absolute Gasteiger partial charge is 0.390 e. The molecule has 2 aliphatic heterocycles. The van der Waals surface area contributed by atoms with E-state index in [1.807, 2.05) is 0 Å². The van der Waals surface area contributed by atoms with Crippen molar-refractivity contribution in [1.82, 2.24) is 0 Å². The maximum Gasteiger partial charge on any atom is 0.171 e. The summed E-state index contributed by atoms with van der Waals surface area (Å²) in [5.74, 6) is 4.21. The highest BCUT2D eigenvalue weighted by atomic mass is 16.7. The fourth-order valence-corrected chi connectivity index (χ4v) is 10.3. The van der Waals surface area contributed by atoms with Gasteiger partial charge in [-0.25, -0.2) is 0 Å². The molecule has 2 heterocycles. The highest BCUT2D eigenvalue weighted by molar-refractivity contribution is 5.15. The van der Waals surface area contributed by atoms with Gasteiger partial charge < -0.3 is 19.7 Å². The lowest BCUT2D eigenvalue weighted by molar-refractivity contribution is -0.273. The first kappa shape index (κ1) is 21.4. The molecule has 0 aromatic heterocycles. The number of hydrogen-bond acceptors (Lipinski definition) is 4. The molecule has 0 bridgehead atoms.